The lowest BCUT2D eigenvalue weighted by Gasteiger charge is -2.08. The highest BCUT2D eigenvalue weighted by Gasteiger charge is 2.11. The van der Waals surface area contributed by atoms with E-state index in [4.69, 9.17) is 9.47 Å². The van der Waals surface area contributed by atoms with Crippen LogP contribution in [0.15, 0.2) is 84.6 Å². The molecule has 0 unspecified atom stereocenters. The summed E-state index contributed by atoms with van der Waals surface area (Å²) in [5.74, 6) is -0.175. The summed E-state index contributed by atoms with van der Waals surface area (Å²) in [6.45, 7) is 0. The van der Waals surface area contributed by atoms with Gasteiger partial charge in [-0.15, -0.1) is 0 Å². The molecular weight excluding hydrogens is 328 g/mol. The average Bonchev–Trinajstić information content (AvgIpc) is 2.69. The molecule has 0 aliphatic heterocycles. The Hall–Kier alpha value is -3.53. The second-order valence-electron chi connectivity index (χ2n) is 5.58. The number of ether oxygens (including phenoxy) is 2. The van der Waals surface area contributed by atoms with Gasteiger partial charge in [-0.05, 0) is 47.0 Å². The standard InChI is InChI=1S/C22H18O4/c1-25-19-11-13-20(14-12-19)26-21(22(23)24)15-16-7-9-18(10-8-16)17-5-3-2-4-6-17/h2-15H,1H3,(H,23,24). The summed E-state index contributed by atoms with van der Waals surface area (Å²) in [6, 6.07) is 24.4. The van der Waals surface area contributed by atoms with E-state index in [-0.39, 0.29) is 5.76 Å². The van der Waals surface area contributed by atoms with E-state index in [1.807, 2.05) is 54.6 Å². The molecule has 0 amide bonds. The van der Waals surface area contributed by atoms with Crippen LogP contribution in [0.3, 0.4) is 0 Å². The Balaban J connectivity index is 1.81. The Morgan fingerprint density at radius 2 is 1.38 bits per heavy atom. The van der Waals surface area contributed by atoms with Gasteiger partial charge in [-0.2, -0.15) is 0 Å². The number of hydrogen-bond donors (Lipinski definition) is 1. The summed E-state index contributed by atoms with van der Waals surface area (Å²) in [7, 11) is 1.57. The van der Waals surface area contributed by atoms with Gasteiger partial charge in [0.05, 0.1) is 7.11 Å². The Morgan fingerprint density at radius 3 is 1.96 bits per heavy atom. The van der Waals surface area contributed by atoms with Gasteiger partial charge in [-0.1, -0.05) is 54.6 Å². The van der Waals surface area contributed by atoms with Gasteiger partial charge in [0.15, 0.2) is 0 Å². The quantitative estimate of drug-likeness (QED) is 0.511. The van der Waals surface area contributed by atoms with E-state index in [1.54, 1.807) is 31.4 Å². The van der Waals surface area contributed by atoms with Crippen LogP contribution in [0.5, 0.6) is 11.5 Å². The van der Waals surface area contributed by atoms with Crippen molar-refractivity contribution in [2.24, 2.45) is 0 Å². The Labute approximate surface area is 151 Å². The molecule has 0 saturated heterocycles. The minimum absolute atomic E-state index is 0.150. The highest BCUT2D eigenvalue weighted by atomic mass is 16.5. The molecular formula is C22H18O4. The molecule has 0 aliphatic carbocycles. The monoisotopic (exact) mass is 346 g/mol. The lowest BCUT2D eigenvalue weighted by atomic mass is 10.0. The van der Waals surface area contributed by atoms with Crippen LogP contribution in [0, 0.1) is 0 Å². The fourth-order valence-corrected chi connectivity index (χ4v) is 2.46. The van der Waals surface area contributed by atoms with Crippen molar-refractivity contribution in [3.63, 3.8) is 0 Å². The van der Waals surface area contributed by atoms with Crippen molar-refractivity contribution in [1.82, 2.24) is 0 Å². The fourth-order valence-electron chi connectivity index (χ4n) is 2.46. The molecule has 0 heterocycles. The van der Waals surface area contributed by atoms with Gasteiger partial charge < -0.3 is 14.6 Å². The zero-order chi connectivity index (χ0) is 18.4. The largest absolute Gasteiger partial charge is 0.497 e. The van der Waals surface area contributed by atoms with Crippen LogP contribution in [-0.4, -0.2) is 18.2 Å². The number of aliphatic carboxylic acids is 1. The van der Waals surface area contributed by atoms with Gasteiger partial charge in [0.2, 0.25) is 5.76 Å². The highest BCUT2D eigenvalue weighted by molar-refractivity contribution is 5.90. The minimum atomic E-state index is -1.13. The number of rotatable bonds is 6. The van der Waals surface area contributed by atoms with Crippen LogP contribution in [0.25, 0.3) is 17.2 Å². The zero-order valence-electron chi connectivity index (χ0n) is 14.3. The molecule has 0 aromatic heterocycles. The van der Waals surface area contributed by atoms with Gasteiger partial charge >= 0.3 is 5.97 Å². The molecule has 130 valence electrons. The molecule has 0 atom stereocenters. The number of carboxylic acids is 1. The molecule has 3 aromatic carbocycles. The molecule has 3 rings (SSSR count). The van der Waals surface area contributed by atoms with E-state index in [9.17, 15) is 9.90 Å². The molecule has 4 nitrogen and oxygen atoms in total. The molecule has 4 heteroatoms. The van der Waals surface area contributed by atoms with Crippen LogP contribution in [-0.2, 0) is 4.79 Å². The molecule has 0 spiro atoms. The van der Waals surface area contributed by atoms with Crippen LogP contribution in [0.4, 0.5) is 0 Å². The maximum atomic E-state index is 11.5. The molecule has 1 N–H and O–H groups in total. The molecule has 0 radical (unpaired) electrons. The predicted molar refractivity (Wildman–Crippen MR) is 101 cm³/mol. The van der Waals surface area contributed by atoms with Gasteiger partial charge in [-0.3, -0.25) is 0 Å². The van der Waals surface area contributed by atoms with Gasteiger partial charge in [0.1, 0.15) is 11.5 Å². The van der Waals surface area contributed by atoms with E-state index in [0.29, 0.717) is 11.5 Å². The van der Waals surface area contributed by atoms with E-state index in [1.165, 1.54) is 6.08 Å². The SMILES string of the molecule is COc1ccc(OC(=Cc2ccc(-c3ccccc3)cc2)C(=O)O)cc1. The van der Waals surface area contributed by atoms with Gasteiger partial charge in [0.25, 0.3) is 0 Å². The Kier molecular flexibility index (Phi) is 5.34. The highest BCUT2D eigenvalue weighted by Crippen LogP contribution is 2.22. The second-order valence-corrected chi connectivity index (χ2v) is 5.58. The van der Waals surface area contributed by atoms with Crippen molar-refractivity contribution >= 4 is 12.0 Å². The molecule has 0 fully saturated rings. The molecule has 0 aliphatic rings. The maximum absolute atomic E-state index is 11.5. The first-order chi connectivity index (χ1) is 12.7. The third-order valence-corrected chi connectivity index (χ3v) is 3.81. The first-order valence-corrected chi connectivity index (χ1v) is 8.08. The van der Waals surface area contributed by atoms with Gasteiger partial charge in [-0.25, -0.2) is 4.79 Å². The lowest BCUT2D eigenvalue weighted by Crippen LogP contribution is -2.07. The Bertz CT molecular complexity index is 895. The molecule has 0 saturated carbocycles. The summed E-state index contributed by atoms with van der Waals surface area (Å²) < 4.78 is 10.6. The van der Waals surface area contributed by atoms with Crippen molar-refractivity contribution in [1.29, 1.82) is 0 Å². The molecule has 26 heavy (non-hydrogen) atoms. The van der Waals surface area contributed by atoms with Crippen LogP contribution < -0.4 is 9.47 Å². The van der Waals surface area contributed by atoms with Crippen LogP contribution in [0.1, 0.15) is 5.56 Å². The smallest absolute Gasteiger partial charge is 0.371 e. The summed E-state index contributed by atoms with van der Waals surface area (Å²) in [6.07, 6.45) is 1.50. The first-order valence-electron chi connectivity index (χ1n) is 8.08. The van der Waals surface area contributed by atoms with Crippen molar-refractivity contribution in [3.8, 4) is 22.6 Å². The number of carboxylic acid groups (broad SMARTS) is 1. The van der Waals surface area contributed by atoms with Crippen molar-refractivity contribution in [2.75, 3.05) is 7.11 Å². The average molecular weight is 346 g/mol. The first kappa shape index (κ1) is 17.3. The number of carbonyl (C=O) groups is 1. The van der Waals surface area contributed by atoms with Crippen molar-refractivity contribution in [3.05, 3.63) is 90.2 Å². The van der Waals surface area contributed by atoms with Crippen LogP contribution >= 0.6 is 0 Å². The molecule has 3 aromatic rings. The van der Waals surface area contributed by atoms with Crippen molar-refractivity contribution in [2.45, 2.75) is 0 Å². The van der Waals surface area contributed by atoms with Crippen molar-refractivity contribution < 1.29 is 19.4 Å². The summed E-state index contributed by atoms with van der Waals surface area (Å²) in [4.78, 5) is 11.5. The number of benzene rings is 3. The Morgan fingerprint density at radius 1 is 0.808 bits per heavy atom. The predicted octanol–water partition coefficient (Wildman–Crippen LogP) is 4.87. The van der Waals surface area contributed by atoms with Gasteiger partial charge in [0, 0.05) is 0 Å². The summed E-state index contributed by atoms with van der Waals surface area (Å²) in [5.41, 5.74) is 2.92. The normalized spacial score (nSPS) is 11.0. The van der Waals surface area contributed by atoms with E-state index < -0.39 is 5.97 Å². The van der Waals surface area contributed by atoms with E-state index in [2.05, 4.69) is 0 Å². The van der Waals surface area contributed by atoms with E-state index >= 15 is 0 Å². The third kappa shape index (κ3) is 4.30. The summed E-state index contributed by atoms with van der Waals surface area (Å²) >= 11 is 0. The minimum Gasteiger partial charge on any atom is -0.497 e. The van der Waals surface area contributed by atoms with Crippen LogP contribution in [0.2, 0.25) is 0 Å². The van der Waals surface area contributed by atoms with E-state index in [0.717, 1.165) is 16.7 Å². The number of methoxy groups -OCH3 is 1. The maximum Gasteiger partial charge on any atom is 0.371 e. The zero-order valence-corrected chi connectivity index (χ0v) is 14.3. The topological polar surface area (TPSA) is 55.8 Å². The third-order valence-electron chi connectivity index (χ3n) is 3.81. The second kappa shape index (κ2) is 8.03. The summed E-state index contributed by atoms with van der Waals surface area (Å²) in [5, 5.41) is 9.41. The molecule has 0 bridgehead atoms. The lowest BCUT2D eigenvalue weighted by molar-refractivity contribution is -0.134. The fraction of sp³-hybridized carbons (Fsp3) is 0.0455. The number of hydrogen-bond acceptors (Lipinski definition) is 3.